The van der Waals surface area contributed by atoms with Gasteiger partial charge in [0, 0.05) is 5.02 Å². The van der Waals surface area contributed by atoms with Crippen molar-refractivity contribution in [2.75, 3.05) is 0 Å². The molecular weight excluding hydrogens is 282 g/mol. The molecule has 5 heteroatoms. The second-order valence-electron chi connectivity index (χ2n) is 4.66. The minimum Gasteiger partial charge on any atom is -0.271 e. The Morgan fingerprint density at radius 1 is 1.20 bits per heavy atom. The molecule has 0 heterocycles. The molecule has 2 aromatic carbocycles. The van der Waals surface area contributed by atoms with Crippen molar-refractivity contribution in [3.63, 3.8) is 0 Å². The highest BCUT2D eigenvalue weighted by molar-refractivity contribution is 6.30. The lowest BCUT2D eigenvalue weighted by atomic mass is 9.95. The maximum absolute atomic E-state index is 13.8. The molecule has 0 amide bonds. The maximum atomic E-state index is 13.8. The molecule has 0 aliphatic rings. The second kappa shape index (κ2) is 6.31. The number of rotatable bonds is 4. The minimum absolute atomic E-state index is 0.285. The quantitative estimate of drug-likeness (QED) is 0.667. The number of hydrazine groups is 1. The molecule has 2 rings (SSSR count). The van der Waals surface area contributed by atoms with Gasteiger partial charge in [-0.2, -0.15) is 0 Å². The van der Waals surface area contributed by atoms with Crippen LogP contribution in [0.4, 0.5) is 8.78 Å². The Bertz CT molecular complexity index is 617. The number of nitrogens with two attached hydrogens (primary N) is 1. The molecule has 0 spiro atoms. The molecule has 106 valence electrons. The van der Waals surface area contributed by atoms with Crippen molar-refractivity contribution in [1.82, 2.24) is 5.43 Å². The Hall–Kier alpha value is -1.49. The zero-order valence-electron chi connectivity index (χ0n) is 11.0. The van der Waals surface area contributed by atoms with Crippen LogP contribution < -0.4 is 11.3 Å². The van der Waals surface area contributed by atoms with Gasteiger partial charge in [-0.15, -0.1) is 0 Å². The van der Waals surface area contributed by atoms with Gasteiger partial charge in [0.1, 0.15) is 11.6 Å². The van der Waals surface area contributed by atoms with E-state index in [1.165, 1.54) is 24.3 Å². The Morgan fingerprint density at radius 2 is 1.95 bits per heavy atom. The molecule has 2 aromatic rings. The van der Waals surface area contributed by atoms with Crippen LogP contribution >= 0.6 is 11.6 Å². The molecule has 20 heavy (non-hydrogen) atoms. The van der Waals surface area contributed by atoms with Crippen molar-refractivity contribution in [2.45, 2.75) is 19.4 Å². The molecule has 1 unspecified atom stereocenters. The molecule has 0 aliphatic heterocycles. The average molecular weight is 297 g/mol. The lowest BCUT2D eigenvalue weighted by Crippen LogP contribution is -2.30. The number of benzene rings is 2. The fourth-order valence-electron chi connectivity index (χ4n) is 2.17. The van der Waals surface area contributed by atoms with Gasteiger partial charge < -0.3 is 0 Å². The summed E-state index contributed by atoms with van der Waals surface area (Å²) in [6.45, 7) is 1.85. The van der Waals surface area contributed by atoms with Crippen LogP contribution in [-0.2, 0) is 6.42 Å². The fraction of sp³-hybridized carbons (Fsp3) is 0.200. The van der Waals surface area contributed by atoms with Crippen LogP contribution in [0.3, 0.4) is 0 Å². The number of hydrogen-bond acceptors (Lipinski definition) is 2. The lowest BCUT2D eigenvalue weighted by molar-refractivity contribution is 0.522. The van der Waals surface area contributed by atoms with E-state index in [0.29, 0.717) is 16.1 Å². The van der Waals surface area contributed by atoms with Crippen LogP contribution in [0.1, 0.15) is 22.7 Å². The first kappa shape index (κ1) is 14.9. The van der Waals surface area contributed by atoms with Crippen molar-refractivity contribution in [3.8, 4) is 0 Å². The first-order valence-electron chi connectivity index (χ1n) is 6.17. The zero-order valence-corrected chi connectivity index (χ0v) is 11.7. The van der Waals surface area contributed by atoms with E-state index >= 15 is 0 Å². The van der Waals surface area contributed by atoms with Gasteiger partial charge in [0.15, 0.2) is 0 Å². The van der Waals surface area contributed by atoms with Crippen LogP contribution in [0.2, 0.25) is 5.02 Å². The van der Waals surface area contributed by atoms with Crippen LogP contribution in [0.15, 0.2) is 36.4 Å². The predicted molar refractivity (Wildman–Crippen MR) is 76.3 cm³/mol. The summed E-state index contributed by atoms with van der Waals surface area (Å²) < 4.78 is 27.1. The topological polar surface area (TPSA) is 38.0 Å². The third-order valence-electron chi connectivity index (χ3n) is 3.25. The van der Waals surface area contributed by atoms with Gasteiger partial charge >= 0.3 is 0 Å². The first-order chi connectivity index (χ1) is 9.51. The van der Waals surface area contributed by atoms with Gasteiger partial charge in [-0.1, -0.05) is 17.7 Å². The normalized spacial score (nSPS) is 12.4. The van der Waals surface area contributed by atoms with Crippen LogP contribution in [0.25, 0.3) is 0 Å². The number of nitrogens with one attached hydrogen (secondary N) is 1. The molecule has 0 saturated carbocycles. The molecule has 0 aliphatic carbocycles. The van der Waals surface area contributed by atoms with E-state index in [1.807, 2.05) is 6.92 Å². The van der Waals surface area contributed by atoms with Gasteiger partial charge in [-0.25, -0.2) is 8.78 Å². The highest BCUT2D eigenvalue weighted by atomic mass is 35.5. The summed E-state index contributed by atoms with van der Waals surface area (Å²) in [5, 5.41) is 0.452. The molecule has 0 fully saturated rings. The fourth-order valence-corrected chi connectivity index (χ4v) is 2.36. The number of hydrogen-bond donors (Lipinski definition) is 2. The monoisotopic (exact) mass is 296 g/mol. The zero-order chi connectivity index (χ0) is 14.7. The van der Waals surface area contributed by atoms with Gasteiger partial charge in [0.05, 0.1) is 6.04 Å². The Balaban J connectivity index is 2.33. The SMILES string of the molecule is Cc1ccc(F)cc1C(Cc1cc(Cl)ccc1F)NN. The molecule has 0 saturated heterocycles. The predicted octanol–water partition coefficient (Wildman–Crippen LogP) is 3.67. The van der Waals surface area contributed by atoms with Gasteiger partial charge in [0.25, 0.3) is 0 Å². The third kappa shape index (κ3) is 3.33. The van der Waals surface area contributed by atoms with E-state index in [0.717, 1.165) is 5.56 Å². The summed E-state index contributed by atoms with van der Waals surface area (Å²) in [4.78, 5) is 0. The lowest BCUT2D eigenvalue weighted by Gasteiger charge is -2.19. The van der Waals surface area contributed by atoms with Gasteiger partial charge in [0.2, 0.25) is 0 Å². The van der Waals surface area contributed by atoms with E-state index in [4.69, 9.17) is 17.4 Å². The largest absolute Gasteiger partial charge is 0.271 e. The summed E-state index contributed by atoms with van der Waals surface area (Å²) in [5.41, 5.74) is 4.63. The highest BCUT2D eigenvalue weighted by Crippen LogP contribution is 2.25. The van der Waals surface area contributed by atoms with Crippen molar-refractivity contribution in [2.24, 2.45) is 5.84 Å². The third-order valence-corrected chi connectivity index (χ3v) is 3.48. The van der Waals surface area contributed by atoms with Crippen molar-refractivity contribution >= 4 is 11.6 Å². The van der Waals surface area contributed by atoms with E-state index < -0.39 is 6.04 Å². The number of halogens is 3. The van der Waals surface area contributed by atoms with Gasteiger partial charge in [-0.05, 0) is 60.4 Å². The van der Waals surface area contributed by atoms with E-state index in [-0.39, 0.29) is 18.1 Å². The average Bonchev–Trinajstić information content (AvgIpc) is 2.42. The van der Waals surface area contributed by atoms with Crippen molar-refractivity contribution < 1.29 is 8.78 Å². The van der Waals surface area contributed by atoms with Crippen LogP contribution in [0, 0.1) is 18.6 Å². The molecule has 3 N–H and O–H groups in total. The summed E-state index contributed by atoms with van der Waals surface area (Å²) in [5.74, 6) is 4.82. The van der Waals surface area contributed by atoms with E-state index in [9.17, 15) is 8.78 Å². The van der Waals surface area contributed by atoms with Crippen LogP contribution in [-0.4, -0.2) is 0 Å². The second-order valence-corrected chi connectivity index (χ2v) is 5.10. The number of aryl methyl sites for hydroxylation is 1. The van der Waals surface area contributed by atoms with E-state index in [2.05, 4.69) is 5.43 Å². The minimum atomic E-state index is -0.390. The first-order valence-corrected chi connectivity index (χ1v) is 6.55. The van der Waals surface area contributed by atoms with Crippen molar-refractivity contribution in [3.05, 3.63) is 69.7 Å². The molecule has 0 aromatic heterocycles. The summed E-state index contributed by atoms with van der Waals surface area (Å²) in [7, 11) is 0. The molecular formula is C15H15ClF2N2. The van der Waals surface area contributed by atoms with E-state index in [1.54, 1.807) is 12.1 Å². The Labute approximate surface area is 121 Å². The molecule has 2 nitrogen and oxygen atoms in total. The molecule has 0 bridgehead atoms. The standard InChI is InChI=1S/C15H15ClF2N2/c1-9-2-4-12(17)8-13(9)15(20-19)7-10-6-11(16)3-5-14(10)18/h2-6,8,15,20H,7,19H2,1H3. The van der Waals surface area contributed by atoms with Crippen LogP contribution in [0.5, 0.6) is 0 Å². The Kier molecular flexibility index (Phi) is 4.70. The summed E-state index contributed by atoms with van der Waals surface area (Å²) in [6, 6.07) is 8.41. The molecule has 1 atom stereocenters. The molecule has 0 radical (unpaired) electrons. The summed E-state index contributed by atoms with van der Waals surface area (Å²) in [6.07, 6.45) is 0.285. The maximum Gasteiger partial charge on any atom is 0.126 e. The Morgan fingerprint density at radius 3 is 2.65 bits per heavy atom. The smallest absolute Gasteiger partial charge is 0.126 e. The van der Waals surface area contributed by atoms with Crippen molar-refractivity contribution in [1.29, 1.82) is 0 Å². The highest BCUT2D eigenvalue weighted by Gasteiger charge is 2.16. The summed E-state index contributed by atoms with van der Waals surface area (Å²) >= 11 is 5.87. The van der Waals surface area contributed by atoms with Gasteiger partial charge in [-0.3, -0.25) is 11.3 Å².